The molecule has 0 spiro atoms. The van der Waals surface area contributed by atoms with E-state index in [2.05, 4.69) is 11.8 Å². The van der Waals surface area contributed by atoms with E-state index < -0.39 is 20.6 Å². The van der Waals surface area contributed by atoms with Gasteiger partial charge in [-0.2, -0.15) is 0 Å². The van der Waals surface area contributed by atoms with Gasteiger partial charge in [-0.3, -0.25) is 4.79 Å². The molecule has 20 heavy (non-hydrogen) atoms. The van der Waals surface area contributed by atoms with Gasteiger partial charge >= 0.3 is 5.97 Å². The number of aliphatic carboxylic acids is 1. The molecule has 1 N–H and O–H groups in total. The lowest BCUT2D eigenvalue weighted by Crippen LogP contribution is -2.42. The van der Waals surface area contributed by atoms with Crippen molar-refractivity contribution >= 4 is 15.8 Å². The van der Waals surface area contributed by atoms with Gasteiger partial charge < -0.3 is 5.11 Å². The standard InChI is InChI=1S/C15H18O4S/c1-4-6-7-12-8-10-13(11-9-12)20(18,19)15(3,5-2)14(16)17/h8-11H,5,7H2,1-3H3,(H,16,17). The summed E-state index contributed by atoms with van der Waals surface area (Å²) in [5.74, 6) is 4.32. The van der Waals surface area contributed by atoms with E-state index in [4.69, 9.17) is 0 Å². The highest BCUT2D eigenvalue weighted by Crippen LogP contribution is 2.29. The number of hydrogen-bond acceptors (Lipinski definition) is 3. The summed E-state index contributed by atoms with van der Waals surface area (Å²) in [5, 5.41) is 9.20. The summed E-state index contributed by atoms with van der Waals surface area (Å²) in [5.41, 5.74) is 0.895. The van der Waals surface area contributed by atoms with Crippen LogP contribution in [0.1, 0.15) is 32.8 Å². The van der Waals surface area contributed by atoms with Crippen LogP contribution < -0.4 is 0 Å². The van der Waals surface area contributed by atoms with E-state index in [0.29, 0.717) is 6.42 Å². The van der Waals surface area contributed by atoms with Gasteiger partial charge in [0.05, 0.1) is 4.90 Å². The SMILES string of the molecule is CC#CCc1ccc(S(=O)(=O)C(C)(CC)C(=O)O)cc1. The summed E-state index contributed by atoms with van der Waals surface area (Å²) >= 11 is 0. The normalized spacial score (nSPS) is 13.9. The summed E-state index contributed by atoms with van der Waals surface area (Å²) < 4.78 is 23.1. The van der Waals surface area contributed by atoms with Crippen molar-refractivity contribution in [2.45, 2.75) is 43.3 Å². The Morgan fingerprint density at radius 1 is 1.30 bits per heavy atom. The fourth-order valence-corrected chi connectivity index (χ4v) is 3.32. The molecule has 0 saturated carbocycles. The van der Waals surface area contributed by atoms with E-state index in [-0.39, 0.29) is 11.3 Å². The molecule has 5 heteroatoms. The average Bonchev–Trinajstić information content (AvgIpc) is 2.44. The summed E-state index contributed by atoms with van der Waals surface area (Å²) in [6.07, 6.45) is 0.550. The van der Waals surface area contributed by atoms with Crippen molar-refractivity contribution < 1.29 is 18.3 Å². The van der Waals surface area contributed by atoms with E-state index in [1.807, 2.05) is 0 Å². The Morgan fingerprint density at radius 3 is 2.25 bits per heavy atom. The zero-order valence-electron chi connectivity index (χ0n) is 11.8. The molecular weight excluding hydrogens is 276 g/mol. The largest absolute Gasteiger partial charge is 0.480 e. The van der Waals surface area contributed by atoms with E-state index in [1.165, 1.54) is 19.1 Å². The molecule has 4 nitrogen and oxygen atoms in total. The van der Waals surface area contributed by atoms with Crippen LogP contribution >= 0.6 is 0 Å². The summed E-state index contributed by atoms with van der Waals surface area (Å²) in [6, 6.07) is 6.21. The summed E-state index contributed by atoms with van der Waals surface area (Å²) in [4.78, 5) is 11.3. The predicted molar refractivity (Wildman–Crippen MR) is 77.1 cm³/mol. The van der Waals surface area contributed by atoms with Gasteiger partial charge in [-0.15, -0.1) is 5.92 Å². The Kier molecular flexibility index (Phi) is 4.96. The number of hydrogen-bond donors (Lipinski definition) is 1. The number of benzene rings is 1. The number of carboxylic acid groups (broad SMARTS) is 1. The van der Waals surface area contributed by atoms with Crippen molar-refractivity contribution in [3.63, 3.8) is 0 Å². The third-order valence-electron chi connectivity index (χ3n) is 3.42. The lowest BCUT2D eigenvalue weighted by Gasteiger charge is -2.23. The number of rotatable bonds is 5. The van der Waals surface area contributed by atoms with Gasteiger partial charge in [0.1, 0.15) is 0 Å². The predicted octanol–water partition coefficient (Wildman–Crippen LogP) is 2.28. The minimum Gasteiger partial charge on any atom is -0.480 e. The molecule has 0 fully saturated rings. The second kappa shape index (κ2) is 6.10. The third-order valence-corrected chi connectivity index (χ3v) is 5.97. The molecular formula is C15H18O4S. The molecule has 0 heterocycles. The first-order valence-electron chi connectivity index (χ1n) is 6.26. The van der Waals surface area contributed by atoms with Gasteiger partial charge in [-0.1, -0.05) is 25.0 Å². The van der Waals surface area contributed by atoms with Crippen molar-refractivity contribution in [3.05, 3.63) is 29.8 Å². The van der Waals surface area contributed by atoms with Crippen LogP contribution in [0.25, 0.3) is 0 Å². The van der Waals surface area contributed by atoms with Crippen LogP contribution in [0.5, 0.6) is 0 Å². The molecule has 0 aromatic heterocycles. The van der Waals surface area contributed by atoms with Crippen LogP contribution in [0, 0.1) is 11.8 Å². The Morgan fingerprint density at radius 2 is 1.85 bits per heavy atom. The molecule has 0 aliphatic rings. The molecule has 1 aromatic carbocycles. The third kappa shape index (κ3) is 2.86. The number of carbonyl (C=O) groups is 1. The molecule has 0 bridgehead atoms. The van der Waals surface area contributed by atoms with Gasteiger partial charge in [0.2, 0.25) is 0 Å². The lowest BCUT2D eigenvalue weighted by molar-refractivity contribution is -0.139. The van der Waals surface area contributed by atoms with Crippen LogP contribution in [0.2, 0.25) is 0 Å². The maximum absolute atomic E-state index is 12.4. The zero-order valence-corrected chi connectivity index (χ0v) is 12.6. The quantitative estimate of drug-likeness (QED) is 0.846. The molecule has 108 valence electrons. The monoisotopic (exact) mass is 294 g/mol. The van der Waals surface area contributed by atoms with Gasteiger partial charge in [0, 0.05) is 6.42 Å². The Labute approximate surface area is 119 Å². The minimum absolute atomic E-state index is 0.00767. The molecule has 0 amide bonds. The Bertz CT molecular complexity index is 647. The molecule has 1 unspecified atom stereocenters. The highest BCUT2D eigenvalue weighted by molar-refractivity contribution is 7.93. The van der Waals surface area contributed by atoms with Crippen LogP contribution in [0.3, 0.4) is 0 Å². The highest BCUT2D eigenvalue weighted by Gasteiger charge is 2.45. The fraction of sp³-hybridized carbons (Fsp3) is 0.400. The lowest BCUT2D eigenvalue weighted by atomic mass is 10.1. The number of carboxylic acids is 1. The molecule has 0 aliphatic carbocycles. The summed E-state index contributed by atoms with van der Waals surface area (Å²) in [6.45, 7) is 4.52. The topological polar surface area (TPSA) is 71.4 Å². The Balaban J connectivity index is 3.22. The van der Waals surface area contributed by atoms with Crippen molar-refractivity contribution in [3.8, 4) is 11.8 Å². The van der Waals surface area contributed by atoms with Gasteiger partial charge in [-0.25, -0.2) is 8.42 Å². The number of sulfone groups is 1. The maximum Gasteiger partial charge on any atom is 0.325 e. The smallest absolute Gasteiger partial charge is 0.325 e. The molecule has 0 saturated heterocycles. The zero-order chi connectivity index (χ0) is 15.4. The second-order valence-electron chi connectivity index (χ2n) is 4.64. The highest BCUT2D eigenvalue weighted by atomic mass is 32.2. The molecule has 1 atom stereocenters. The Hall–Kier alpha value is -1.80. The van der Waals surface area contributed by atoms with Gasteiger partial charge in [-0.05, 0) is 38.0 Å². The molecule has 0 radical (unpaired) electrons. The molecule has 1 aromatic rings. The second-order valence-corrected chi connectivity index (χ2v) is 7.02. The first kappa shape index (κ1) is 16.3. The summed E-state index contributed by atoms with van der Waals surface area (Å²) in [7, 11) is -3.92. The van der Waals surface area contributed by atoms with Crippen LogP contribution in [-0.2, 0) is 21.1 Å². The van der Waals surface area contributed by atoms with Crippen LogP contribution in [0.4, 0.5) is 0 Å². The molecule has 0 aliphatic heterocycles. The maximum atomic E-state index is 12.4. The van der Waals surface area contributed by atoms with Gasteiger partial charge in [0.15, 0.2) is 14.6 Å². The van der Waals surface area contributed by atoms with Crippen LogP contribution in [-0.4, -0.2) is 24.2 Å². The van der Waals surface area contributed by atoms with E-state index in [1.54, 1.807) is 26.0 Å². The van der Waals surface area contributed by atoms with Crippen molar-refractivity contribution in [1.29, 1.82) is 0 Å². The van der Waals surface area contributed by atoms with Crippen molar-refractivity contribution in [1.82, 2.24) is 0 Å². The fourth-order valence-electron chi connectivity index (χ4n) is 1.69. The minimum atomic E-state index is -3.92. The van der Waals surface area contributed by atoms with Crippen molar-refractivity contribution in [2.24, 2.45) is 0 Å². The first-order chi connectivity index (χ1) is 9.29. The van der Waals surface area contributed by atoms with Crippen LogP contribution in [0.15, 0.2) is 29.2 Å². The average molecular weight is 294 g/mol. The molecule has 1 rings (SSSR count). The first-order valence-corrected chi connectivity index (χ1v) is 7.74. The van der Waals surface area contributed by atoms with Gasteiger partial charge in [0.25, 0.3) is 0 Å². The van der Waals surface area contributed by atoms with Crippen molar-refractivity contribution in [2.75, 3.05) is 0 Å². The van der Waals surface area contributed by atoms with E-state index >= 15 is 0 Å². The van der Waals surface area contributed by atoms with E-state index in [0.717, 1.165) is 5.56 Å². The van der Waals surface area contributed by atoms with E-state index in [9.17, 15) is 18.3 Å².